The molecule has 0 unspecified atom stereocenters. The number of ether oxygens (including phenoxy) is 1. The molecule has 0 radical (unpaired) electrons. The second-order valence-corrected chi connectivity index (χ2v) is 7.91. The van der Waals surface area contributed by atoms with Crippen LogP contribution in [0, 0.1) is 13.8 Å². The highest BCUT2D eigenvalue weighted by molar-refractivity contribution is 5.95. The van der Waals surface area contributed by atoms with Crippen LogP contribution < -0.4 is 0 Å². The van der Waals surface area contributed by atoms with Gasteiger partial charge in [0.2, 0.25) is 0 Å². The summed E-state index contributed by atoms with van der Waals surface area (Å²) in [6.07, 6.45) is 4.20. The Balaban J connectivity index is 1.66. The molecule has 1 aromatic heterocycles. The molecule has 0 N–H and O–H groups in total. The largest absolute Gasteiger partial charge is 0.373 e. The normalized spacial score (nSPS) is 23.1. The van der Waals surface area contributed by atoms with E-state index in [2.05, 4.69) is 22.0 Å². The van der Waals surface area contributed by atoms with Crippen LogP contribution in [-0.2, 0) is 4.74 Å². The fourth-order valence-electron chi connectivity index (χ4n) is 4.45. The summed E-state index contributed by atoms with van der Waals surface area (Å²) in [5, 5.41) is 0. The Hall–Kier alpha value is -2.24. The van der Waals surface area contributed by atoms with Crippen molar-refractivity contribution < 1.29 is 9.53 Å². The molecule has 0 bridgehead atoms. The Labute approximate surface area is 167 Å². The number of carbonyl (C=O) groups is 1. The van der Waals surface area contributed by atoms with E-state index in [9.17, 15) is 4.79 Å². The van der Waals surface area contributed by atoms with Crippen LogP contribution in [0.1, 0.15) is 46.1 Å². The molecule has 4 rings (SSSR count). The monoisotopic (exact) mass is 379 g/mol. The molecule has 2 fully saturated rings. The number of morpholine rings is 1. The van der Waals surface area contributed by atoms with Crippen molar-refractivity contribution in [1.29, 1.82) is 0 Å². The van der Waals surface area contributed by atoms with Crippen LogP contribution in [0.3, 0.4) is 0 Å². The molecule has 1 aromatic carbocycles. The number of amides is 1. The number of hydrogen-bond acceptors (Lipinski definition) is 4. The van der Waals surface area contributed by atoms with Crippen molar-refractivity contribution in [1.82, 2.24) is 14.8 Å². The second kappa shape index (κ2) is 8.41. The van der Waals surface area contributed by atoms with Crippen molar-refractivity contribution in [2.75, 3.05) is 32.8 Å². The maximum absolute atomic E-state index is 13.5. The Morgan fingerprint density at radius 1 is 1.14 bits per heavy atom. The van der Waals surface area contributed by atoms with E-state index in [-0.39, 0.29) is 18.1 Å². The summed E-state index contributed by atoms with van der Waals surface area (Å²) in [6.45, 7) is 8.23. The second-order valence-electron chi connectivity index (χ2n) is 7.91. The molecule has 2 aromatic rings. The molecule has 3 heterocycles. The molecular formula is C23H29N3O2. The first-order valence-electron chi connectivity index (χ1n) is 10.3. The lowest BCUT2D eigenvalue weighted by Gasteiger charge is -2.43. The standard InChI is InChI=1S/C23H29N3O2/c1-17-14-18(2)24-15-20(17)23(27)26-12-13-28-21(16-25-10-6-7-11-25)22(26)19-8-4-3-5-9-19/h3-5,8-9,14-15,21-22H,6-7,10-13,16H2,1-2H3/t21-,22-/m0/s1. The van der Waals surface area contributed by atoms with Gasteiger partial charge in [0, 0.05) is 25.0 Å². The first-order chi connectivity index (χ1) is 13.6. The first kappa shape index (κ1) is 19.1. The SMILES string of the molecule is Cc1cc(C)c(C(=O)N2CCO[C@@H](CN3CCCC3)[C@@H]2c2ccccc2)cn1. The molecule has 2 aliphatic rings. The summed E-state index contributed by atoms with van der Waals surface area (Å²) in [7, 11) is 0. The fourth-order valence-corrected chi connectivity index (χ4v) is 4.45. The van der Waals surface area contributed by atoms with Gasteiger partial charge in [0.05, 0.1) is 24.3 Å². The summed E-state index contributed by atoms with van der Waals surface area (Å²) in [4.78, 5) is 22.3. The number of benzene rings is 1. The van der Waals surface area contributed by atoms with Gasteiger partial charge in [-0.3, -0.25) is 9.78 Å². The molecule has 1 amide bonds. The van der Waals surface area contributed by atoms with E-state index in [1.54, 1.807) is 6.20 Å². The molecule has 0 saturated carbocycles. The molecule has 2 atom stereocenters. The van der Waals surface area contributed by atoms with Gasteiger partial charge in [-0.1, -0.05) is 30.3 Å². The van der Waals surface area contributed by atoms with Gasteiger partial charge in [-0.2, -0.15) is 0 Å². The van der Waals surface area contributed by atoms with Gasteiger partial charge in [-0.25, -0.2) is 0 Å². The van der Waals surface area contributed by atoms with Gasteiger partial charge >= 0.3 is 0 Å². The smallest absolute Gasteiger partial charge is 0.256 e. The molecule has 5 nitrogen and oxygen atoms in total. The van der Waals surface area contributed by atoms with Crippen LogP contribution >= 0.6 is 0 Å². The van der Waals surface area contributed by atoms with Crippen molar-refractivity contribution in [3.8, 4) is 0 Å². The number of likely N-dealkylation sites (tertiary alicyclic amines) is 1. The third-order valence-electron chi connectivity index (χ3n) is 5.87. The molecule has 28 heavy (non-hydrogen) atoms. The molecule has 0 aliphatic carbocycles. The summed E-state index contributed by atoms with van der Waals surface area (Å²) >= 11 is 0. The minimum absolute atomic E-state index is 0.0167. The highest BCUT2D eigenvalue weighted by Crippen LogP contribution is 2.32. The predicted molar refractivity (Wildman–Crippen MR) is 109 cm³/mol. The number of nitrogens with zero attached hydrogens (tertiary/aromatic N) is 3. The van der Waals surface area contributed by atoms with Crippen molar-refractivity contribution in [3.05, 3.63) is 65.0 Å². The van der Waals surface area contributed by atoms with E-state index in [1.807, 2.05) is 43.0 Å². The number of hydrogen-bond donors (Lipinski definition) is 0. The minimum Gasteiger partial charge on any atom is -0.373 e. The van der Waals surface area contributed by atoms with Crippen molar-refractivity contribution in [2.24, 2.45) is 0 Å². The summed E-state index contributed by atoms with van der Waals surface area (Å²) in [5.41, 5.74) is 3.74. The van der Waals surface area contributed by atoms with Crippen LogP contribution in [0.2, 0.25) is 0 Å². The van der Waals surface area contributed by atoms with Crippen LogP contribution in [0.5, 0.6) is 0 Å². The van der Waals surface area contributed by atoms with Crippen LogP contribution in [-0.4, -0.2) is 59.6 Å². The lowest BCUT2D eigenvalue weighted by atomic mass is 9.96. The fraction of sp³-hybridized carbons (Fsp3) is 0.478. The highest BCUT2D eigenvalue weighted by atomic mass is 16.5. The average molecular weight is 380 g/mol. The van der Waals surface area contributed by atoms with Gasteiger partial charge in [0.15, 0.2) is 0 Å². The quantitative estimate of drug-likeness (QED) is 0.817. The average Bonchev–Trinajstić information content (AvgIpc) is 3.21. The van der Waals surface area contributed by atoms with Crippen molar-refractivity contribution in [2.45, 2.75) is 38.8 Å². The minimum atomic E-state index is -0.0799. The zero-order chi connectivity index (χ0) is 19.5. The van der Waals surface area contributed by atoms with E-state index in [0.717, 1.165) is 36.5 Å². The lowest BCUT2D eigenvalue weighted by Crippen LogP contribution is -2.51. The first-order valence-corrected chi connectivity index (χ1v) is 10.3. The highest BCUT2D eigenvalue weighted by Gasteiger charge is 2.38. The van der Waals surface area contributed by atoms with Gasteiger partial charge in [-0.15, -0.1) is 0 Å². The van der Waals surface area contributed by atoms with Crippen LogP contribution in [0.4, 0.5) is 0 Å². The molecule has 2 aliphatic heterocycles. The van der Waals surface area contributed by atoms with Crippen LogP contribution in [0.25, 0.3) is 0 Å². The number of pyridine rings is 1. The van der Waals surface area contributed by atoms with E-state index in [0.29, 0.717) is 18.7 Å². The van der Waals surface area contributed by atoms with Gasteiger partial charge in [-0.05, 0) is 57.0 Å². The number of aryl methyl sites for hydroxylation is 2. The lowest BCUT2D eigenvalue weighted by molar-refractivity contribution is -0.0707. The Morgan fingerprint density at radius 3 is 2.61 bits per heavy atom. The Morgan fingerprint density at radius 2 is 1.89 bits per heavy atom. The molecule has 148 valence electrons. The van der Waals surface area contributed by atoms with E-state index >= 15 is 0 Å². The van der Waals surface area contributed by atoms with Gasteiger partial charge in [0.1, 0.15) is 0 Å². The molecule has 5 heteroatoms. The summed E-state index contributed by atoms with van der Waals surface area (Å²) in [5.74, 6) is 0.0496. The van der Waals surface area contributed by atoms with Crippen molar-refractivity contribution >= 4 is 5.91 Å². The van der Waals surface area contributed by atoms with Gasteiger partial charge in [0.25, 0.3) is 5.91 Å². The number of aromatic nitrogens is 1. The number of rotatable bonds is 4. The third kappa shape index (κ3) is 3.96. The van der Waals surface area contributed by atoms with Crippen LogP contribution in [0.15, 0.2) is 42.6 Å². The molecule has 0 spiro atoms. The third-order valence-corrected chi connectivity index (χ3v) is 5.87. The topological polar surface area (TPSA) is 45.7 Å². The van der Waals surface area contributed by atoms with Crippen molar-refractivity contribution in [3.63, 3.8) is 0 Å². The Bertz CT molecular complexity index is 818. The van der Waals surface area contributed by atoms with E-state index < -0.39 is 0 Å². The maximum Gasteiger partial charge on any atom is 0.256 e. The van der Waals surface area contributed by atoms with E-state index in [1.165, 1.54) is 12.8 Å². The summed E-state index contributed by atoms with van der Waals surface area (Å²) in [6, 6.07) is 12.2. The molecule has 2 saturated heterocycles. The Kier molecular flexibility index (Phi) is 5.74. The number of carbonyl (C=O) groups excluding carboxylic acids is 1. The van der Waals surface area contributed by atoms with E-state index in [4.69, 9.17) is 4.74 Å². The zero-order valence-corrected chi connectivity index (χ0v) is 16.8. The molecular weight excluding hydrogens is 350 g/mol. The van der Waals surface area contributed by atoms with Gasteiger partial charge < -0.3 is 14.5 Å². The zero-order valence-electron chi connectivity index (χ0n) is 16.8. The predicted octanol–water partition coefficient (Wildman–Crippen LogP) is 3.38. The maximum atomic E-state index is 13.5. The summed E-state index contributed by atoms with van der Waals surface area (Å²) < 4.78 is 6.22.